The molecule has 5 heteroatoms. The van der Waals surface area contributed by atoms with Crippen LogP contribution in [0, 0.1) is 13.8 Å². The molecular formula is C14H14O5. The topological polar surface area (TPSA) is 83.8 Å². The van der Waals surface area contributed by atoms with Gasteiger partial charge in [0.1, 0.15) is 0 Å². The van der Waals surface area contributed by atoms with Gasteiger partial charge in [-0.05, 0) is 35.7 Å². The van der Waals surface area contributed by atoms with Gasteiger partial charge in [0, 0.05) is 0 Å². The highest BCUT2D eigenvalue weighted by atomic mass is 16.7. The van der Waals surface area contributed by atoms with Gasteiger partial charge in [-0.2, -0.15) is 0 Å². The van der Waals surface area contributed by atoms with Crippen molar-refractivity contribution >= 4 is 23.1 Å². The van der Waals surface area contributed by atoms with Crippen LogP contribution >= 0.6 is 0 Å². The molecule has 0 aliphatic carbocycles. The second-order valence-electron chi connectivity index (χ2n) is 3.86. The standard InChI is InChI=1S/C12H12.C2H2O5/c1-9-7-8-11-5-3-4-6-12(11)10(9)2;3-1(4)7-2(5)6/h3-8H,1-2H3;(H,3,4)(H,5,6). The lowest BCUT2D eigenvalue weighted by Gasteiger charge is -2.04. The molecule has 2 N–H and O–H groups in total. The fourth-order valence-electron chi connectivity index (χ4n) is 1.61. The number of ether oxygens (including phenoxy) is 1. The summed E-state index contributed by atoms with van der Waals surface area (Å²) in [6.07, 6.45) is -3.62. The Balaban J connectivity index is 0.000000224. The molecule has 0 heterocycles. The van der Waals surface area contributed by atoms with E-state index in [0.29, 0.717) is 0 Å². The van der Waals surface area contributed by atoms with Gasteiger partial charge in [0.15, 0.2) is 0 Å². The van der Waals surface area contributed by atoms with Crippen molar-refractivity contribution in [2.75, 3.05) is 0 Å². The number of hydrogen-bond acceptors (Lipinski definition) is 3. The van der Waals surface area contributed by atoms with Crippen LogP contribution in [-0.2, 0) is 4.74 Å². The maximum Gasteiger partial charge on any atom is 0.516 e. The summed E-state index contributed by atoms with van der Waals surface area (Å²) in [7, 11) is 0. The van der Waals surface area contributed by atoms with Crippen LogP contribution in [0.15, 0.2) is 36.4 Å². The summed E-state index contributed by atoms with van der Waals surface area (Å²) in [6.45, 7) is 4.33. The second-order valence-corrected chi connectivity index (χ2v) is 3.86. The van der Waals surface area contributed by atoms with Gasteiger partial charge in [0.25, 0.3) is 0 Å². The number of benzene rings is 2. The van der Waals surface area contributed by atoms with E-state index >= 15 is 0 Å². The van der Waals surface area contributed by atoms with Gasteiger partial charge < -0.3 is 14.9 Å². The molecule has 0 aliphatic rings. The Morgan fingerprint density at radius 1 is 0.947 bits per heavy atom. The first-order valence-corrected chi connectivity index (χ1v) is 5.50. The minimum atomic E-state index is -1.81. The Labute approximate surface area is 110 Å². The van der Waals surface area contributed by atoms with E-state index in [1.54, 1.807) is 0 Å². The normalized spacial score (nSPS) is 9.37. The first-order valence-electron chi connectivity index (χ1n) is 5.50. The predicted molar refractivity (Wildman–Crippen MR) is 70.6 cm³/mol. The van der Waals surface area contributed by atoms with Crippen molar-refractivity contribution in [3.8, 4) is 0 Å². The first kappa shape index (κ1) is 14.5. The number of carboxylic acid groups (broad SMARTS) is 2. The molecule has 0 saturated carbocycles. The quantitative estimate of drug-likeness (QED) is 0.557. The monoisotopic (exact) mass is 262 g/mol. The lowest BCUT2D eigenvalue weighted by Crippen LogP contribution is -2.05. The molecule has 2 aromatic rings. The van der Waals surface area contributed by atoms with Gasteiger partial charge in [0.2, 0.25) is 0 Å². The second kappa shape index (κ2) is 6.39. The first-order chi connectivity index (χ1) is 8.91. The largest absolute Gasteiger partial charge is 0.516 e. The summed E-state index contributed by atoms with van der Waals surface area (Å²) in [6, 6.07) is 12.9. The zero-order chi connectivity index (χ0) is 14.4. The number of fused-ring (bicyclic) bond motifs is 1. The van der Waals surface area contributed by atoms with Crippen molar-refractivity contribution in [1.82, 2.24) is 0 Å². The molecule has 0 unspecified atom stereocenters. The number of carbonyl (C=O) groups is 2. The Kier molecular flexibility index (Phi) is 4.88. The third-order valence-electron chi connectivity index (χ3n) is 2.64. The highest BCUT2D eigenvalue weighted by molar-refractivity contribution is 5.86. The Bertz CT molecular complexity index is 592. The highest BCUT2D eigenvalue weighted by Gasteiger charge is 2.01. The van der Waals surface area contributed by atoms with Crippen molar-refractivity contribution in [3.63, 3.8) is 0 Å². The maximum atomic E-state index is 9.21. The van der Waals surface area contributed by atoms with Crippen molar-refractivity contribution in [2.24, 2.45) is 0 Å². The van der Waals surface area contributed by atoms with Crippen molar-refractivity contribution in [1.29, 1.82) is 0 Å². The summed E-state index contributed by atoms with van der Waals surface area (Å²) < 4.78 is 3.08. The summed E-state index contributed by atoms with van der Waals surface area (Å²) in [5, 5.41) is 17.7. The summed E-state index contributed by atoms with van der Waals surface area (Å²) in [4.78, 5) is 18.4. The zero-order valence-corrected chi connectivity index (χ0v) is 10.6. The molecule has 0 radical (unpaired) electrons. The number of aryl methyl sites for hydroxylation is 2. The van der Waals surface area contributed by atoms with Crippen LogP contribution in [0.3, 0.4) is 0 Å². The molecule has 5 nitrogen and oxygen atoms in total. The van der Waals surface area contributed by atoms with Crippen molar-refractivity contribution in [2.45, 2.75) is 13.8 Å². The molecule has 2 aromatic carbocycles. The Morgan fingerprint density at radius 2 is 1.53 bits per heavy atom. The Hall–Kier alpha value is -2.56. The lowest BCUT2D eigenvalue weighted by atomic mass is 10.0. The van der Waals surface area contributed by atoms with Gasteiger partial charge in [-0.1, -0.05) is 36.4 Å². The highest BCUT2D eigenvalue weighted by Crippen LogP contribution is 2.20. The van der Waals surface area contributed by atoms with E-state index in [9.17, 15) is 9.59 Å². The third kappa shape index (κ3) is 4.31. The molecule has 19 heavy (non-hydrogen) atoms. The maximum absolute atomic E-state index is 9.21. The molecule has 0 atom stereocenters. The summed E-state index contributed by atoms with van der Waals surface area (Å²) in [5.41, 5.74) is 2.77. The fraction of sp³-hybridized carbons (Fsp3) is 0.143. The molecule has 0 bridgehead atoms. The summed E-state index contributed by atoms with van der Waals surface area (Å²) in [5.74, 6) is 0. The zero-order valence-electron chi connectivity index (χ0n) is 10.6. The van der Waals surface area contributed by atoms with E-state index < -0.39 is 12.3 Å². The van der Waals surface area contributed by atoms with Crippen LogP contribution < -0.4 is 0 Å². The number of hydrogen-bond donors (Lipinski definition) is 2. The molecular weight excluding hydrogens is 248 g/mol. The molecule has 100 valence electrons. The molecule has 0 aromatic heterocycles. The van der Waals surface area contributed by atoms with E-state index in [4.69, 9.17) is 10.2 Å². The summed E-state index contributed by atoms with van der Waals surface area (Å²) >= 11 is 0. The average molecular weight is 262 g/mol. The molecule has 0 saturated heterocycles. The van der Waals surface area contributed by atoms with Crippen LogP contribution in [0.25, 0.3) is 10.8 Å². The van der Waals surface area contributed by atoms with Gasteiger partial charge in [-0.15, -0.1) is 0 Å². The van der Waals surface area contributed by atoms with Crippen LogP contribution in [0.2, 0.25) is 0 Å². The minimum absolute atomic E-state index is 1.33. The predicted octanol–water partition coefficient (Wildman–Crippen LogP) is 3.82. The SMILES string of the molecule is Cc1ccc2ccccc2c1C.O=C(O)OC(=O)O. The van der Waals surface area contributed by atoms with E-state index in [1.165, 1.54) is 21.9 Å². The lowest BCUT2D eigenvalue weighted by molar-refractivity contribution is 0.0802. The third-order valence-corrected chi connectivity index (χ3v) is 2.64. The molecule has 2 rings (SSSR count). The molecule has 0 amide bonds. The van der Waals surface area contributed by atoms with E-state index in [0.717, 1.165) is 0 Å². The minimum Gasteiger partial charge on any atom is -0.449 e. The van der Waals surface area contributed by atoms with E-state index in [1.807, 2.05) is 0 Å². The average Bonchev–Trinajstić information content (AvgIpc) is 2.33. The van der Waals surface area contributed by atoms with Gasteiger partial charge in [-0.25, -0.2) is 9.59 Å². The van der Waals surface area contributed by atoms with Gasteiger partial charge in [0.05, 0.1) is 0 Å². The fourth-order valence-corrected chi connectivity index (χ4v) is 1.61. The molecule has 0 fully saturated rings. The van der Waals surface area contributed by atoms with Crippen LogP contribution in [0.5, 0.6) is 0 Å². The van der Waals surface area contributed by atoms with Crippen LogP contribution in [0.1, 0.15) is 11.1 Å². The van der Waals surface area contributed by atoms with Crippen LogP contribution in [0.4, 0.5) is 9.59 Å². The van der Waals surface area contributed by atoms with Crippen molar-refractivity contribution < 1.29 is 24.5 Å². The Morgan fingerprint density at radius 3 is 2.05 bits per heavy atom. The molecule has 0 spiro atoms. The number of rotatable bonds is 0. The van der Waals surface area contributed by atoms with Gasteiger partial charge >= 0.3 is 12.3 Å². The van der Waals surface area contributed by atoms with Gasteiger partial charge in [-0.3, -0.25) is 0 Å². The van der Waals surface area contributed by atoms with Crippen molar-refractivity contribution in [3.05, 3.63) is 47.5 Å². The van der Waals surface area contributed by atoms with E-state index in [2.05, 4.69) is 55.0 Å². The van der Waals surface area contributed by atoms with E-state index in [-0.39, 0.29) is 0 Å². The smallest absolute Gasteiger partial charge is 0.449 e. The molecule has 0 aliphatic heterocycles. The van der Waals surface area contributed by atoms with Crippen LogP contribution in [-0.4, -0.2) is 22.5 Å².